The molecule has 0 saturated carbocycles. The van der Waals surface area contributed by atoms with E-state index < -0.39 is 0 Å². The Morgan fingerprint density at radius 2 is 2.29 bits per heavy atom. The van der Waals surface area contributed by atoms with Gasteiger partial charge in [0.2, 0.25) is 5.91 Å². The van der Waals surface area contributed by atoms with Crippen molar-refractivity contribution >= 4 is 23.2 Å². The van der Waals surface area contributed by atoms with Gasteiger partial charge >= 0.3 is 5.97 Å². The normalized spacial score (nSPS) is 23.7. The molecule has 2 aliphatic heterocycles. The van der Waals surface area contributed by atoms with Gasteiger partial charge in [-0.3, -0.25) is 9.59 Å². The molecule has 1 atom stereocenters. The van der Waals surface area contributed by atoms with Crippen LogP contribution in [-0.4, -0.2) is 28.9 Å². The zero-order valence-corrected chi connectivity index (χ0v) is 13.3. The van der Waals surface area contributed by atoms with Gasteiger partial charge < -0.3 is 14.4 Å². The van der Waals surface area contributed by atoms with Crippen LogP contribution in [0, 0.1) is 0 Å². The summed E-state index contributed by atoms with van der Waals surface area (Å²) >= 11 is 1.40. The SMILES string of the molecule is CC(=O)Oc1cc2c(s1)C(N1CCCC1=O)CC(C)(C)O2. The second-order valence-electron chi connectivity index (χ2n) is 6.16. The summed E-state index contributed by atoms with van der Waals surface area (Å²) in [5.74, 6) is 0.588. The minimum absolute atomic E-state index is 0.0214. The van der Waals surface area contributed by atoms with Gasteiger partial charge in [-0.25, -0.2) is 0 Å². The summed E-state index contributed by atoms with van der Waals surface area (Å²) in [4.78, 5) is 26.1. The fourth-order valence-electron chi connectivity index (χ4n) is 3.02. The Bertz CT molecular complexity index is 592. The molecule has 0 aliphatic carbocycles. The number of hydrogen-bond donors (Lipinski definition) is 0. The fraction of sp³-hybridized carbons (Fsp3) is 0.600. The third kappa shape index (κ3) is 2.77. The smallest absolute Gasteiger partial charge is 0.308 e. The molecule has 1 aromatic rings. The average molecular weight is 309 g/mol. The molecule has 2 aliphatic rings. The first kappa shape index (κ1) is 14.4. The number of thiophene rings is 1. The molecule has 1 fully saturated rings. The molecular weight excluding hydrogens is 290 g/mol. The lowest BCUT2D eigenvalue weighted by atomic mass is 9.93. The van der Waals surface area contributed by atoms with E-state index in [0.717, 1.165) is 30.0 Å². The van der Waals surface area contributed by atoms with Crippen LogP contribution >= 0.6 is 11.3 Å². The number of nitrogens with zero attached hydrogens (tertiary/aromatic N) is 1. The Kier molecular flexibility index (Phi) is 3.43. The summed E-state index contributed by atoms with van der Waals surface area (Å²) in [6.45, 7) is 6.21. The van der Waals surface area contributed by atoms with E-state index in [4.69, 9.17) is 9.47 Å². The summed E-state index contributed by atoms with van der Waals surface area (Å²) in [6, 6.07) is 1.78. The van der Waals surface area contributed by atoms with Gasteiger partial charge in [0.1, 0.15) is 11.4 Å². The maximum atomic E-state index is 12.1. The minimum atomic E-state index is -0.346. The summed E-state index contributed by atoms with van der Waals surface area (Å²) in [6.07, 6.45) is 2.29. The van der Waals surface area contributed by atoms with E-state index in [1.807, 2.05) is 18.7 Å². The van der Waals surface area contributed by atoms with Crippen LogP contribution in [-0.2, 0) is 9.59 Å². The molecule has 3 rings (SSSR count). The van der Waals surface area contributed by atoms with Crippen molar-refractivity contribution in [1.82, 2.24) is 4.90 Å². The van der Waals surface area contributed by atoms with Crippen LogP contribution in [0.1, 0.15) is 51.0 Å². The first-order valence-electron chi connectivity index (χ1n) is 7.16. The van der Waals surface area contributed by atoms with Gasteiger partial charge in [0.25, 0.3) is 0 Å². The van der Waals surface area contributed by atoms with Gasteiger partial charge in [0, 0.05) is 32.4 Å². The summed E-state index contributed by atoms with van der Waals surface area (Å²) in [7, 11) is 0. The Morgan fingerprint density at radius 3 is 2.90 bits per heavy atom. The average Bonchev–Trinajstić information content (AvgIpc) is 2.92. The lowest BCUT2D eigenvalue weighted by molar-refractivity contribution is -0.132. The third-order valence-corrected chi connectivity index (χ3v) is 4.90. The maximum Gasteiger partial charge on any atom is 0.308 e. The van der Waals surface area contributed by atoms with Crippen molar-refractivity contribution < 1.29 is 19.1 Å². The second-order valence-corrected chi connectivity index (χ2v) is 7.21. The number of fused-ring (bicyclic) bond motifs is 1. The van der Waals surface area contributed by atoms with Gasteiger partial charge in [0.05, 0.1) is 10.9 Å². The van der Waals surface area contributed by atoms with Crippen molar-refractivity contribution in [1.29, 1.82) is 0 Å². The monoisotopic (exact) mass is 309 g/mol. The molecule has 6 heteroatoms. The molecule has 0 radical (unpaired) electrons. The third-order valence-electron chi connectivity index (χ3n) is 3.81. The predicted molar refractivity (Wildman–Crippen MR) is 78.6 cm³/mol. The number of esters is 1. The van der Waals surface area contributed by atoms with Crippen molar-refractivity contribution in [3.8, 4) is 10.8 Å². The summed E-state index contributed by atoms with van der Waals surface area (Å²) in [5, 5.41) is 0.529. The van der Waals surface area contributed by atoms with Crippen molar-refractivity contribution in [2.45, 2.75) is 51.7 Å². The van der Waals surface area contributed by atoms with Crippen molar-refractivity contribution in [3.05, 3.63) is 10.9 Å². The molecule has 0 spiro atoms. The van der Waals surface area contributed by atoms with E-state index in [9.17, 15) is 9.59 Å². The Labute approximate surface area is 127 Å². The number of hydrogen-bond acceptors (Lipinski definition) is 5. The van der Waals surface area contributed by atoms with Gasteiger partial charge in [-0.2, -0.15) is 0 Å². The van der Waals surface area contributed by atoms with Crippen LogP contribution in [0.5, 0.6) is 10.8 Å². The fourth-order valence-corrected chi connectivity index (χ4v) is 4.11. The highest BCUT2D eigenvalue weighted by Crippen LogP contribution is 2.50. The summed E-state index contributed by atoms with van der Waals surface area (Å²) in [5.41, 5.74) is -0.338. The predicted octanol–water partition coefficient (Wildman–Crippen LogP) is 2.90. The van der Waals surface area contributed by atoms with Gasteiger partial charge in [-0.1, -0.05) is 11.3 Å². The number of carbonyl (C=O) groups is 2. The van der Waals surface area contributed by atoms with E-state index in [0.29, 0.717) is 11.5 Å². The highest BCUT2D eigenvalue weighted by atomic mass is 32.1. The van der Waals surface area contributed by atoms with Crippen LogP contribution in [0.15, 0.2) is 6.07 Å². The van der Waals surface area contributed by atoms with Gasteiger partial charge in [-0.15, -0.1) is 0 Å². The van der Waals surface area contributed by atoms with Gasteiger partial charge in [-0.05, 0) is 20.3 Å². The number of ether oxygens (including phenoxy) is 2. The quantitative estimate of drug-likeness (QED) is 0.788. The zero-order chi connectivity index (χ0) is 15.2. The van der Waals surface area contributed by atoms with Crippen molar-refractivity contribution in [2.24, 2.45) is 0 Å². The molecule has 3 heterocycles. The van der Waals surface area contributed by atoms with Crippen LogP contribution in [0.25, 0.3) is 0 Å². The Morgan fingerprint density at radius 1 is 1.52 bits per heavy atom. The highest BCUT2D eigenvalue weighted by molar-refractivity contribution is 7.14. The molecule has 0 bridgehead atoms. The molecule has 1 saturated heterocycles. The minimum Gasteiger partial charge on any atom is -0.486 e. The molecule has 5 nitrogen and oxygen atoms in total. The maximum absolute atomic E-state index is 12.1. The van der Waals surface area contributed by atoms with E-state index in [1.165, 1.54) is 18.3 Å². The number of carbonyl (C=O) groups excluding carboxylic acids is 2. The lowest BCUT2D eigenvalue weighted by Crippen LogP contribution is -2.41. The molecule has 114 valence electrons. The Hall–Kier alpha value is -1.56. The second kappa shape index (κ2) is 5.02. The molecule has 21 heavy (non-hydrogen) atoms. The first-order valence-corrected chi connectivity index (χ1v) is 7.98. The van der Waals surface area contributed by atoms with Crippen molar-refractivity contribution in [2.75, 3.05) is 6.54 Å². The van der Waals surface area contributed by atoms with Crippen LogP contribution in [0.2, 0.25) is 0 Å². The largest absolute Gasteiger partial charge is 0.486 e. The van der Waals surface area contributed by atoms with E-state index >= 15 is 0 Å². The zero-order valence-electron chi connectivity index (χ0n) is 12.5. The molecule has 0 aromatic carbocycles. The molecule has 1 aromatic heterocycles. The lowest BCUT2D eigenvalue weighted by Gasteiger charge is -2.39. The van der Waals surface area contributed by atoms with Crippen LogP contribution in [0.4, 0.5) is 0 Å². The van der Waals surface area contributed by atoms with E-state index in [2.05, 4.69) is 0 Å². The van der Waals surface area contributed by atoms with Gasteiger partial charge in [0.15, 0.2) is 5.06 Å². The highest BCUT2D eigenvalue weighted by Gasteiger charge is 2.41. The van der Waals surface area contributed by atoms with E-state index in [-0.39, 0.29) is 23.5 Å². The molecular formula is C15H19NO4S. The van der Waals surface area contributed by atoms with E-state index in [1.54, 1.807) is 6.07 Å². The summed E-state index contributed by atoms with van der Waals surface area (Å²) < 4.78 is 11.2. The number of likely N-dealkylation sites (tertiary alicyclic amines) is 1. The molecule has 1 amide bonds. The number of amides is 1. The topological polar surface area (TPSA) is 55.8 Å². The van der Waals surface area contributed by atoms with Crippen LogP contribution < -0.4 is 9.47 Å². The van der Waals surface area contributed by atoms with Crippen molar-refractivity contribution in [3.63, 3.8) is 0 Å². The molecule has 0 N–H and O–H groups in total. The van der Waals surface area contributed by atoms with Crippen LogP contribution in [0.3, 0.4) is 0 Å². The Balaban J connectivity index is 1.96. The molecule has 1 unspecified atom stereocenters. The standard InChI is InChI=1S/C15H19NO4S/c1-9(17)19-13-7-11-14(21-13)10(8-15(2,3)20-11)16-6-4-5-12(16)18/h7,10H,4-6,8H2,1-3H3. The first-order chi connectivity index (χ1) is 9.85. The number of rotatable bonds is 2.